The van der Waals surface area contributed by atoms with Gasteiger partial charge in [0.15, 0.2) is 0 Å². The fourth-order valence-corrected chi connectivity index (χ4v) is 4.19. The molecule has 1 N–H and O–H groups in total. The molecule has 6 heteroatoms. The third-order valence-corrected chi connectivity index (χ3v) is 5.26. The standard InChI is InChI=1S/C16H26N4O2/c1-4-19(5-2)15(21)20-12-6-7-13(20)11-16(22,10-12)14-17-8-9-18(14)3/h8-9,12-13,22H,4-7,10-11H2,1-3H3. The van der Waals surface area contributed by atoms with E-state index in [-0.39, 0.29) is 18.1 Å². The average Bonchev–Trinajstić information content (AvgIpc) is 3.03. The van der Waals surface area contributed by atoms with Gasteiger partial charge in [0, 0.05) is 57.5 Å². The highest BCUT2D eigenvalue weighted by Gasteiger charge is 2.52. The van der Waals surface area contributed by atoms with Crippen molar-refractivity contribution in [1.82, 2.24) is 19.4 Å². The van der Waals surface area contributed by atoms with Crippen LogP contribution in [0.3, 0.4) is 0 Å². The van der Waals surface area contributed by atoms with Gasteiger partial charge in [-0.2, -0.15) is 0 Å². The van der Waals surface area contributed by atoms with Crippen LogP contribution in [0.4, 0.5) is 4.79 Å². The lowest BCUT2D eigenvalue weighted by molar-refractivity contribution is -0.0549. The summed E-state index contributed by atoms with van der Waals surface area (Å²) in [5, 5.41) is 11.1. The number of nitrogens with zero attached hydrogens (tertiary/aromatic N) is 4. The van der Waals surface area contributed by atoms with Crippen molar-refractivity contribution in [2.45, 2.75) is 57.2 Å². The minimum atomic E-state index is -0.913. The Hall–Kier alpha value is -1.56. The second-order valence-corrected chi connectivity index (χ2v) is 6.55. The molecule has 2 bridgehead atoms. The number of aliphatic hydroxyl groups is 1. The summed E-state index contributed by atoms with van der Waals surface area (Å²) in [7, 11) is 1.91. The number of carbonyl (C=O) groups excluding carboxylic acids is 1. The van der Waals surface area contributed by atoms with Crippen LogP contribution in [0.15, 0.2) is 12.4 Å². The first-order valence-electron chi connectivity index (χ1n) is 8.27. The molecule has 0 aliphatic carbocycles. The summed E-state index contributed by atoms with van der Waals surface area (Å²) in [5.41, 5.74) is -0.913. The molecule has 2 unspecified atom stereocenters. The molecule has 3 rings (SSSR count). The van der Waals surface area contributed by atoms with Crippen LogP contribution in [0.1, 0.15) is 45.4 Å². The molecule has 2 saturated heterocycles. The van der Waals surface area contributed by atoms with Crippen molar-refractivity contribution in [3.63, 3.8) is 0 Å². The monoisotopic (exact) mass is 306 g/mol. The Morgan fingerprint density at radius 1 is 1.36 bits per heavy atom. The number of urea groups is 1. The van der Waals surface area contributed by atoms with E-state index in [0.717, 1.165) is 31.8 Å². The van der Waals surface area contributed by atoms with Crippen molar-refractivity contribution < 1.29 is 9.90 Å². The first-order valence-corrected chi connectivity index (χ1v) is 8.27. The van der Waals surface area contributed by atoms with Crippen molar-refractivity contribution in [3.05, 3.63) is 18.2 Å². The van der Waals surface area contributed by atoms with Gasteiger partial charge in [-0.15, -0.1) is 0 Å². The summed E-state index contributed by atoms with van der Waals surface area (Å²) in [5.74, 6) is 0.722. The minimum Gasteiger partial charge on any atom is -0.382 e. The molecule has 0 saturated carbocycles. The smallest absolute Gasteiger partial charge is 0.320 e. The van der Waals surface area contributed by atoms with Gasteiger partial charge in [0.2, 0.25) is 0 Å². The number of imidazole rings is 1. The number of hydrogen-bond acceptors (Lipinski definition) is 3. The van der Waals surface area contributed by atoms with Crippen molar-refractivity contribution in [2.75, 3.05) is 13.1 Å². The number of aryl methyl sites for hydroxylation is 1. The van der Waals surface area contributed by atoms with Gasteiger partial charge in [-0.1, -0.05) is 0 Å². The van der Waals surface area contributed by atoms with Gasteiger partial charge in [0.1, 0.15) is 11.4 Å². The zero-order valence-electron chi connectivity index (χ0n) is 13.7. The van der Waals surface area contributed by atoms with E-state index in [2.05, 4.69) is 4.98 Å². The maximum absolute atomic E-state index is 12.7. The van der Waals surface area contributed by atoms with Crippen LogP contribution < -0.4 is 0 Å². The zero-order valence-corrected chi connectivity index (χ0v) is 13.7. The van der Waals surface area contributed by atoms with E-state index in [1.54, 1.807) is 6.20 Å². The average molecular weight is 306 g/mol. The van der Waals surface area contributed by atoms with Gasteiger partial charge in [-0.3, -0.25) is 0 Å². The molecular weight excluding hydrogens is 280 g/mol. The van der Waals surface area contributed by atoms with Crippen molar-refractivity contribution in [2.24, 2.45) is 7.05 Å². The SMILES string of the molecule is CCN(CC)C(=O)N1C2CCC1CC(O)(c1nccn1C)C2. The quantitative estimate of drug-likeness (QED) is 0.924. The minimum absolute atomic E-state index is 0.119. The second kappa shape index (κ2) is 5.57. The van der Waals surface area contributed by atoms with Crippen LogP contribution >= 0.6 is 0 Å². The second-order valence-electron chi connectivity index (χ2n) is 6.55. The topological polar surface area (TPSA) is 61.6 Å². The summed E-state index contributed by atoms with van der Waals surface area (Å²) in [6, 6.07) is 0.362. The Bertz CT molecular complexity index is 538. The van der Waals surface area contributed by atoms with Gasteiger partial charge >= 0.3 is 6.03 Å². The number of aromatic nitrogens is 2. The predicted molar refractivity (Wildman–Crippen MR) is 83.3 cm³/mol. The molecule has 2 aliphatic rings. The van der Waals surface area contributed by atoms with E-state index in [4.69, 9.17) is 0 Å². The van der Waals surface area contributed by atoms with Gasteiger partial charge in [-0.25, -0.2) is 9.78 Å². The molecule has 0 aromatic carbocycles. The Morgan fingerprint density at radius 3 is 2.41 bits per heavy atom. The first kappa shape index (κ1) is 15.3. The molecule has 2 aliphatic heterocycles. The fraction of sp³-hybridized carbons (Fsp3) is 0.750. The molecule has 122 valence electrons. The molecule has 2 atom stereocenters. The van der Waals surface area contributed by atoms with E-state index in [1.165, 1.54) is 0 Å². The Balaban J connectivity index is 1.83. The molecule has 22 heavy (non-hydrogen) atoms. The van der Waals surface area contributed by atoms with E-state index in [0.29, 0.717) is 12.8 Å². The molecule has 1 aromatic rings. The highest BCUT2D eigenvalue weighted by Crippen LogP contribution is 2.45. The van der Waals surface area contributed by atoms with Crippen LogP contribution in [0.25, 0.3) is 0 Å². The number of carbonyl (C=O) groups is 1. The molecular formula is C16H26N4O2. The first-order chi connectivity index (χ1) is 10.5. The van der Waals surface area contributed by atoms with Crippen LogP contribution in [-0.4, -0.2) is 55.7 Å². The zero-order chi connectivity index (χ0) is 15.9. The van der Waals surface area contributed by atoms with Gasteiger partial charge in [0.25, 0.3) is 0 Å². The number of piperidine rings is 1. The highest BCUT2D eigenvalue weighted by atomic mass is 16.3. The number of amides is 2. The molecule has 0 radical (unpaired) electrons. The fourth-order valence-electron chi connectivity index (χ4n) is 4.19. The largest absolute Gasteiger partial charge is 0.382 e. The summed E-state index contributed by atoms with van der Waals surface area (Å²) >= 11 is 0. The van der Waals surface area contributed by atoms with Gasteiger partial charge in [0.05, 0.1) is 0 Å². The summed E-state index contributed by atoms with van der Waals surface area (Å²) < 4.78 is 1.89. The van der Waals surface area contributed by atoms with Crippen LogP contribution in [0.2, 0.25) is 0 Å². The van der Waals surface area contributed by atoms with Crippen molar-refractivity contribution >= 4 is 6.03 Å². The molecule has 0 spiro atoms. The number of rotatable bonds is 3. The summed E-state index contributed by atoms with van der Waals surface area (Å²) in [4.78, 5) is 21.0. The maximum atomic E-state index is 12.7. The van der Waals surface area contributed by atoms with Crippen molar-refractivity contribution in [3.8, 4) is 0 Å². The molecule has 6 nitrogen and oxygen atoms in total. The Kier molecular flexibility index (Phi) is 3.89. The molecule has 1 aromatic heterocycles. The Labute approximate surface area is 131 Å². The summed E-state index contributed by atoms with van der Waals surface area (Å²) in [6.45, 7) is 5.48. The predicted octanol–water partition coefficient (Wildman–Crippen LogP) is 1.70. The lowest BCUT2D eigenvalue weighted by atomic mass is 9.85. The molecule has 2 fully saturated rings. The van der Waals surface area contributed by atoms with E-state index >= 15 is 0 Å². The third-order valence-electron chi connectivity index (χ3n) is 5.26. The molecule has 3 heterocycles. The van der Waals surface area contributed by atoms with Crippen LogP contribution in [0.5, 0.6) is 0 Å². The lowest BCUT2D eigenvalue weighted by Gasteiger charge is -2.44. The van der Waals surface area contributed by atoms with Gasteiger partial charge < -0.3 is 19.5 Å². The lowest BCUT2D eigenvalue weighted by Crippen LogP contribution is -2.56. The Morgan fingerprint density at radius 2 is 1.95 bits per heavy atom. The van der Waals surface area contributed by atoms with Gasteiger partial charge in [-0.05, 0) is 26.7 Å². The van der Waals surface area contributed by atoms with E-state index in [9.17, 15) is 9.90 Å². The van der Waals surface area contributed by atoms with Crippen LogP contribution in [-0.2, 0) is 12.6 Å². The summed E-state index contributed by atoms with van der Waals surface area (Å²) in [6.07, 6.45) is 6.71. The van der Waals surface area contributed by atoms with E-state index in [1.807, 2.05) is 41.5 Å². The normalized spacial score (nSPS) is 30.6. The van der Waals surface area contributed by atoms with Crippen molar-refractivity contribution in [1.29, 1.82) is 0 Å². The maximum Gasteiger partial charge on any atom is 0.320 e. The number of fused-ring (bicyclic) bond motifs is 2. The van der Waals surface area contributed by atoms with E-state index < -0.39 is 5.60 Å². The highest BCUT2D eigenvalue weighted by molar-refractivity contribution is 5.75. The third kappa shape index (κ3) is 2.29. The molecule has 2 amide bonds. The number of hydrogen-bond donors (Lipinski definition) is 1. The van der Waals surface area contributed by atoms with Crippen LogP contribution in [0, 0.1) is 0 Å².